The van der Waals surface area contributed by atoms with Crippen LogP contribution >= 0.6 is 0 Å². The van der Waals surface area contributed by atoms with Crippen molar-refractivity contribution < 1.29 is 14.3 Å². The summed E-state index contributed by atoms with van der Waals surface area (Å²) in [4.78, 5) is 16.1. The third kappa shape index (κ3) is 8.05. The van der Waals surface area contributed by atoms with E-state index >= 15 is 0 Å². The molecule has 1 aromatic carbocycles. The summed E-state index contributed by atoms with van der Waals surface area (Å²) in [5.41, 5.74) is 1.55. The highest BCUT2D eigenvalue weighted by Gasteiger charge is 2.33. The maximum atomic E-state index is 11.7. The van der Waals surface area contributed by atoms with E-state index in [-0.39, 0.29) is 12.5 Å². The molecule has 31 heavy (non-hydrogen) atoms. The fraction of sp³-hybridized carbons (Fsp3) is 0.667. The van der Waals surface area contributed by atoms with Gasteiger partial charge in [-0.25, -0.2) is 0 Å². The predicted molar refractivity (Wildman–Crippen MR) is 124 cm³/mol. The SMILES string of the molecule is CN=C(NCCc1ccc(OCC(=O)NC2CC2)cc1)NCC1(CCOC)CCCC1. The van der Waals surface area contributed by atoms with Crippen molar-refractivity contribution >= 4 is 11.9 Å². The molecular formula is C24H38N4O3. The molecule has 1 amide bonds. The lowest BCUT2D eigenvalue weighted by molar-refractivity contribution is -0.123. The number of ether oxygens (including phenoxy) is 2. The minimum atomic E-state index is -0.0451. The standard InChI is InChI=1S/C24H38N4O3/c1-25-23(27-18-24(14-16-30-2)12-3-4-13-24)26-15-11-19-5-9-21(10-6-19)31-17-22(29)28-20-7-8-20/h5-6,9-10,20H,3-4,7-8,11-18H2,1-2H3,(H,28,29)(H2,25,26,27). The number of amides is 1. The maximum Gasteiger partial charge on any atom is 0.258 e. The zero-order valence-electron chi connectivity index (χ0n) is 19.0. The number of hydrogen-bond donors (Lipinski definition) is 3. The van der Waals surface area contributed by atoms with E-state index in [1.807, 2.05) is 31.3 Å². The van der Waals surface area contributed by atoms with Gasteiger partial charge in [-0.05, 0) is 61.6 Å². The summed E-state index contributed by atoms with van der Waals surface area (Å²) in [5, 5.41) is 9.87. The summed E-state index contributed by atoms with van der Waals surface area (Å²) in [7, 11) is 3.60. The summed E-state index contributed by atoms with van der Waals surface area (Å²) in [6, 6.07) is 8.30. The minimum absolute atomic E-state index is 0.0451. The van der Waals surface area contributed by atoms with Gasteiger partial charge in [0, 0.05) is 39.9 Å². The molecule has 2 fully saturated rings. The van der Waals surface area contributed by atoms with Gasteiger partial charge in [-0.3, -0.25) is 9.79 Å². The molecule has 7 heteroatoms. The van der Waals surface area contributed by atoms with Gasteiger partial charge in [0.2, 0.25) is 0 Å². The first-order valence-corrected chi connectivity index (χ1v) is 11.6. The molecule has 0 unspecified atom stereocenters. The average Bonchev–Trinajstić information content (AvgIpc) is 3.48. The normalized spacial score (nSPS) is 17.9. The monoisotopic (exact) mass is 430 g/mol. The average molecular weight is 431 g/mol. The zero-order chi connectivity index (χ0) is 21.9. The number of benzene rings is 1. The Labute approximate surface area is 186 Å². The summed E-state index contributed by atoms with van der Waals surface area (Å²) < 4.78 is 10.9. The predicted octanol–water partition coefficient (Wildman–Crippen LogP) is 2.65. The van der Waals surface area contributed by atoms with Crippen LogP contribution in [0.15, 0.2) is 29.3 Å². The van der Waals surface area contributed by atoms with Gasteiger partial charge in [-0.1, -0.05) is 25.0 Å². The van der Waals surface area contributed by atoms with Crippen molar-refractivity contribution in [2.45, 2.75) is 57.4 Å². The quantitative estimate of drug-likeness (QED) is 0.351. The third-order valence-electron chi connectivity index (χ3n) is 6.30. The number of aliphatic imine (C=N–C) groups is 1. The Hall–Kier alpha value is -2.28. The van der Waals surface area contributed by atoms with Gasteiger partial charge in [0.25, 0.3) is 5.91 Å². The molecule has 0 bridgehead atoms. The lowest BCUT2D eigenvalue weighted by Crippen LogP contribution is -2.43. The lowest BCUT2D eigenvalue weighted by Gasteiger charge is -2.30. The molecule has 0 aliphatic heterocycles. The van der Waals surface area contributed by atoms with Crippen LogP contribution in [-0.2, 0) is 16.0 Å². The molecule has 172 valence electrons. The first kappa shape index (κ1) is 23.4. The number of methoxy groups -OCH3 is 1. The van der Waals surface area contributed by atoms with E-state index in [0.29, 0.717) is 11.5 Å². The van der Waals surface area contributed by atoms with Crippen LogP contribution < -0.4 is 20.7 Å². The minimum Gasteiger partial charge on any atom is -0.484 e. The Balaban J connectivity index is 1.35. The fourth-order valence-corrected chi connectivity index (χ4v) is 4.17. The van der Waals surface area contributed by atoms with Gasteiger partial charge in [0.05, 0.1) is 0 Å². The molecule has 2 aliphatic rings. The number of carbonyl (C=O) groups is 1. The van der Waals surface area contributed by atoms with Gasteiger partial charge in [-0.15, -0.1) is 0 Å². The van der Waals surface area contributed by atoms with Gasteiger partial charge in [-0.2, -0.15) is 0 Å². The van der Waals surface area contributed by atoms with E-state index in [0.717, 1.165) is 57.1 Å². The van der Waals surface area contributed by atoms with E-state index in [2.05, 4.69) is 20.9 Å². The molecule has 0 atom stereocenters. The van der Waals surface area contributed by atoms with Crippen molar-refractivity contribution in [3.63, 3.8) is 0 Å². The molecule has 0 spiro atoms. The molecular weight excluding hydrogens is 392 g/mol. The Bertz CT molecular complexity index is 710. The van der Waals surface area contributed by atoms with Crippen molar-refractivity contribution in [3.8, 4) is 5.75 Å². The van der Waals surface area contributed by atoms with E-state index in [1.54, 1.807) is 7.11 Å². The van der Waals surface area contributed by atoms with E-state index < -0.39 is 0 Å². The fourth-order valence-electron chi connectivity index (χ4n) is 4.17. The van der Waals surface area contributed by atoms with Crippen molar-refractivity contribution in [2.75, 3.05) is 40.5 Å². The van der Waals surface area contributed by atoms with Gasteiger partial charge < -0.3 is 25.4 Å². The topological polar surface area (TPSA) is 84.0 Å². The molecule has 3 rings (SSSR count). The smallest absolute Gasteiger partial charge is 0.258 e. The molecule has 0 radical (unpaired) electrons. The number of carbonyl (C=O) groups excluding carboxylic acids is 1. The van der Waals surface area contributed by atoms with E-state index in [9.17, 15) is 4.79 Å². The maximum absolute atomic E-state index is 11.7. The Kier molecular flexibility index (Phi) is 9.00. The molecule has 0 aromatic heterocycles. The Morgan fingerprint density at radius 1 is 1.16 bits per heavy atom. The highest BCUT2D eigenvalue weighted by Crippen LogP contribution is 2.40. The molecule has 0 saturated heterocycles. The lowest BCUT2D eigenvalue weighted by atomic mass is 9.83. The number of hydrogen-bond acceptors (Lipinski definition) is 4. The van der Waals surface area contributed by atoms with Crippen LogP contribution in [0.4, 0.5) is 0 Å². The third-order valence-corrected chi connectivity index (χ3v) is 6.30. The first-order valence-electron chi connectivity index (χ1n) is 11.6. The highest BCUT2D eigenvalue weighted by atomic mass is 16.5. The van der Waals surface area contributed by atoms with Gasteiger partial charge in [0.15, 0.2) is 12.6 Å². The summed E-state index contributed by atoms with van der Waals surface area (Å²) in [5.74, 6) is 1.53. The first-order chi connectivity index (χ1) is 15.1. The van der Waals surface area contributed by atoms with Crippen LogP contribution in [0.1, 0.15) is 50.5 Å². The Morgan fingerprint density at radius 3 is 2.55 bits per heavy atom. The number of guanidine groups is 1. The van der Waals surface area contributed by atoms with E-state index in [1.165, 1.54) is 31.2 Å². The molecule has 3 N–H and O–H groups in total. The zero-order valence-corrected chi connectivity index (χ0v) is 19.0. The number of nitrogens with one attached hydrogen (secondary N) is 3. The largest absolute Gasteiger partial charge is 0.484 e. The van der Waals surface area contributed by atoms with Crippen molar-refractivity contribution in [1.29, 1.82) is 0 Å². The van der Waals surface area contributed by atoms with E-state index in [4.69, 9.17) is 9.47 Å². The van der Waals surface area contributed by atoms with Crippen molar-refractivity contribution in [2.24, 2.45) is 10.4 Å². The van der Waals surface area contributed by atoms with Crippen LogP contribution in [-0.4, -0.2) is 58.4 Å². The van der Waals surface area contributed by atoms with Crippen LogP contribution in [0.25, 0.3) is 0 Å². The van der Waals surface area contributed by atoms with Crippen molar-refractivity contribution in [1.82, 2.24) is 16.0 Å². The second kappa shape index (κ2) is 11.9. The van der Waals surface area contributed by atoms with Crippen LogP contribution in [0, 0.1) is 5.41 Å². The van der Waals surface area contributed by atoms with Crippen LogP contribution in [0.5, 0.6) is 5.75 Å². The highest BCUT2D eigenvalue weighted by molar-refractivity contribution is 5.79. The second-order valence-corrected chi connectivity index (χ2v) is 8.83. The Morgan fingerprint density at radius 2 is 1.90 bits per heavy atom. The van der Waals surface area contributed by atoms with Crippen LogP contribution in [0.3, 0.4) is 0 Å². The molecule has 0 heterocycles. The second-order valence-electron chi connectivity index (χ2n) is 8.83. The molecule has 2 saturated carbocycles. The molecule has 1 aromatic rings. The van der Waals surface area contributed by atoms with Gasteiger partial charge >= 0.3 is 0 Å². The van der Waals surface area contributed by atoms with Crippen molar-refractivity contribution in [3.05, 3.63) is 29.8 Å². The summed E-state index contributed by atoms with van der Waals surface area (Å²) in [6.07, 6.45) is 9.30. The summed E-state index contributed by atoms with van der Waals surface area (Å²) >= 11 is 0. The summed E-state index contributed by atoms with van der Waals surface area (Å²) in [6.45, 7) is 2.63. The van der Waals surface area contributed by atoms with Gasteiger partial charge in [0.1, 0.15) is 5.75 Å². The number of rotatable bonds is 12. The molecule has 2 aliphatic carbocycles. The number of nitrogens with zero attached hydrogens (tertiary/aromatic N) is 1. The van der Waals surface area contributed by atoms with Crippen LogP contribution in [0.2, 0.25) is 0 Å². The molecule has 7 nitrogen and oxygen atoms in total.